The van der Waals surface area contributed by atoms with Crippen LogP contribution in [0.15, 0.2) is 84.9 Å². The Hall–Kier alpha value is -4.06. The van der Waals surface area contributed by atoms with Gasteiger partial charge in [-0.05, 0) is 41.1 Å². The van der Waals surface area contributed by atoms with E-state index in [0.717, 1.165) is 29.0 Å². The van der Waals surface area contributed by atoms with Crippen LogP contribution in [0.4, 0.5) is 8.78 Å². The van der Waals surface area contributed by atoms with Gasteiger partial charge in [-0.3, -0.25) is 0 Å². The van der Waals surface area contributed by atoms with Gasteiger partial charge in [-0.2, -0.15) is 0 Å². The Balaban J connectivity index is 1.55. The Kier molecular flexibility index (Phi) is 5.22. The zero-order valence-electron chi connectivity index (χ0n) is 15.5. The van der Waals surface area contributed by atoms with Crippen molar-refractivity contribution in [2.75, 3.05) is 0 Å². The van der Waals surface area contributed by atoms with Gasteiger partial charge in [-0.15, -0.1) is 0 Å². The van der Waals surface area contributed by atoms with Crippen molar-refractivity contribution in [2.45, 2.75) is 0 Å². The third-order valence-corrected chi connectivity index (χ3v) is 4.40. The first-order valence-corrected chi connectivity index (χ1v) is 8.99. The summed E-state index contributed by atoms with van der Waals surface area (Å²) in [5.74, 6) is -3.74. The maximum absolute atomic E-state index is 13.8. The second-order valence-corrected chi connectivity index (χ2v) is 6.38. The summed E-state index contributed by atoms with van der Waals surface area (Å²) in [5.41, 5.74) is -0.417. The fourth-order valence-corrected chi connectivity index (χ4v) is 3.02. The van der Waals surface area contributed by atoms with Crippen molar-refractivity contribution in [2.24, 2.45) is 0 Å². The molecule has 0 aliphatic heterocycles. The topological polar surface area (TPSA) is 52.6 Å². The van der Waals surface area contributed by atoms with E-state index in [1.807, 2.05) is 30.3 Å². The molecule has 4 nitrogen and oxygen atoms in total. The van der Waals surface area contributed by atoms with Crippen LogP contribution >= 0.6 is 0 Å². The van der Waals surface area contributed by atoms with Gasteiger partial charge in [0.2, 0.25) is 0 Å². The highest BCUT2D eigenvalue weighted by atomic mass is 19.1. The Morgan fingerprint density at radius 2 is 1.20 bits per heavy atom. The first-order chi connectivity index (χ1) is 14.5. The number of esters is 2. The van der Waals surface area contributed by atoms with E-state index in [9.17, 15) is 18.4 Å². The van der Waals surface area contributed by atoms with Crippen molar-refractivity contribution >= 4 is 22.7 Å². The molecule has 0 aliphatic rings. The predicted molar refractivity (Wildman–Crippen MR) is 107 cm³/mol. The van der Waals surface area contributed by atoms with Gasteiger partial charge in [-0.1, -0.05) is 48.5 Å². The Morgan fingerprint density at radius 3 is 1.93 bits per heavy atom. The summed E-state index contributed by atoms with van der Waals surface area (Å²) in [4.78, 5) is 24.8. The molecule has 30 heavy (non-hydrogen) atoms. The summed E-state index contributed by atoms with van der Waals surface area (Å²) in [7, 11) is 0. The molecule has 0 amide bonds. The van der Waals surface area contributed by atoms with Gasteiger partial charge in [0.15, 0.2) is 0 Å². The molecular formula is C24H14F2O4. The fourth-order valence-electron chi connectivity index (χ4n) is 3.02. The minimum absolute atomic E-state index is 0.0223. The van der Waals surface area contributed by atoms with Gasteiger partial charge in [0.25, 0.3) is 0 Å². The van der Waals surface area contributed by atoms with E-state index < -0.39 is 29.1 Å². The molecular weight excluding hydrogens is 390 g/mol. The standard InChI is InChI=1S/C24H14F2O4/c25-20-12-5-13-21(26)22(20)24(28)30-17-9-4-8-16(14-17)29-23(27)19-11-3-7-15-6-1-2-10-18(15)19/h1-14H. The first kappa shape index (κ1) is 19.3. The maximum atomic E-state index is 13.8. The molecule has 0 unspecified atom stereocenters. The van der Waals surface area contributed by atoms with Crippen LogP contribution in [-0.2, 0) is 0 Å². The summed E-state index contributed by atoms with van der Waals surface area (Å²) >= 11 is 0. The van der Waals surface area contributed by atoms with Crippen molar-refractivity contribution in [1.29, 1.82) is 0 Å². The number of carbonyl (C=O) groups excluding carboxylic acids is 2. The van der Waals surface area contributed by atoms with Crippen molar-refractivity contribution < 1.29 is 27.8 Å². The highest BCUT2D eigenvalue weighted by Crippen LogP contribution is 2.24. The molecule has 0 aromatic heterocycles. The van der Waals surface area contributed by atoms with E-state index in [4.69, 9.17) is 9.47 Å². The average molecular weight is 404 g/mol. The molecule has 0 aliphatic carbocycles. The molecule has 4 rings (SSSR count). The molecule has 0 heterocycles. The van der Waals surface area contributed by atoms with Crippen LogP contribution in [0.3, 0.4) is 0 Å². The van der Waals surface area contributed by atoms with Crippen molar-refractivity contribution in [1.82, 2.24) is 0 Å². The maximum Gasteiger partial charge on any atom is 0.349 e. The number of carbonyl (C=O) groups is 2. The van der Waals surface area contributed by atoms with Crippen LogP contribution in [0.2, 0.25) is 0 Å². The predicted octanol–water partition coefficient (Wildman–Crippen LogP) is 5.56. The zero-order valence-corrected chi connectivity index (χ0v) is 15.5. The highest BCUT2D eigenvalue weighted by molar-refractivity contribution is 6.05. The lowest BCUT2D eigenvalue weighted by atomic mass is 10.0. The average Bonchev–Trinajstić information content (AvgIpc) is 2.73. The monoisotopic (exact) mass is 404 g/mol. The highest BCUT2D eigenvalue weighted by Gasteiger charge is 2.20. The third kappa shape index (κ3) is 3.89. The summed E-state index contributed by atoms with van der Waals surface area (Å²) in [6, 6.07) is 21.4. The number of ether oxygens (including phenoxy) is 2. The smallest absolute Gasteiger partial charge is 0.349 e. The molecule has 6 heteroatoms. The van der Waals surface area contributed by atoms with Crippen molar-refractivity contribution in [3.63, 3.8) is 0 Å². The fraction of sp³-hybridized carbons (Fsp3) is 0. The van der Waals surface area contributed by atoms with Crippen molar-refractivity contribution in [3.8, 4) is 11.5 Å². The Morgan fingerprint density at radius 1 is 0.633 bits per heavy atom. The number of hydrogen-bond acceptors (Lipinski definition) is 4. The van der Waals surface area contributed by atoms with E-state index in [-0.39, 0.29) is 11.5 Å². The van der Waals surface area contributed by atoms with Crippen molar-refractivity contribution in [3.05, 3.63) is 108 Å². The number of rotatable bonds is 4. The second kappa shape index (κ2) is 8.13. The molecule has 4 aromatic rings. The molecule has 0 spiro atoms. The van der Waals surface area contributed by atoms with Gasteiger partial charge in [0.05, 0.1) is 5.56 Å². The molecule has 0 saturated carbocycles. The quantitative estimate of drug-likeness (QED) is 0.330. The molecule has 0 bridgehead atoms. The number of fused-ring (bicyclic) bond motifs is 1. The van der Waals surface area contributed by atoms with Crippen LogP contribution in [0, 0.1) is 11.6 Å². The lowest BCUT2D eigenvalue weighted by Gasteiger charge is -2.09. The number of halogens is 2. The zero-order chi connectivity index (χ0) is 21.1. The minimum atomic E-state index is -1.19. The third-order valence-electron chi connectivity index (χ3n) is 4.40. The molecule has 0 fully saturated rings. The van der Waals surface area contributed by atoms with Crippen LogP contribution in [0.1, 0.15) is 20.7 Å². The van der Waals surface area contributed by atoms with E-state index in [2.05, 4.69) is 0 Å². The van der Waals surface area contributed by atoms with E-state index in [1.165, 1.54) is 24.3 Å². The Labute approximate surface area is 170 Å². The summed E-state index contributed by atoms with van der Waals surface area (Å²) in [6.45, 7) is 0. The molecule has 148 valence electrons. The second-order valence-electron chi connectivity index (χ2n) is 6.38. The number of benzene rings is 4. The van der Waals surface area contributed by atoms with E-state index in [1.54, 1.807) is 12.1 Å². The van der Waals surface area contributed by atoms with Gasteiger partial charge in [0.1, 0.15) is 28.7 Å². The van der Waals surface area contributed by atoms with Crippen LogP contribution < -0.4 is 9.47 Å². The summed E-state index contributed by atoms with van der Waals surface area (Å²) < 4.78 is 38.0. The van der Waals surface area contributed by atoms with Crippen LogP contribution in [0.5, 0.6) is 11.5 Å². The van der Waals surface area contributed by atoms with Gasteiger partial charge >= 0.3 is 11.9 Å². The largest absolute Gasteiger partial charge is 0.423 e. The molecule has 4 aromatic carbocycles. The van der Waals surface area contributed by atoms with E-state index in [0.29, 0.717) is 5.56 Å². The first-order valence-electron chi connectivity index (χ1n) is 8.99. The van der Waals surface area contributed by atoms with Gasteiger partial charge in [0, 0.05) is 6.07 Å². The SMILES string of the molecule is O=C(Oc1cccc(OC(=O)c2cccc3ccccc23)c1)c1c(F)cccc1F. The van der Waals surface area contributed by atoms with Gasteiger partial charge in [-0.25, -0.2) is 18.4 Å². The summed E-state index contributed by atoms with van der Waals surface area (Å²) in [6.07, 6.45) is 0. The molecule has 0 N–H and O–H groups in total. The van der Waals surface area contributed by atoms with Crippen LogP contribution in [-0.4, -0.2) is 11.9 Å². The van der Waals surface area contributed by atoms with Gasteiger partial charge < -0.3 is 9.47 Å². The minimum Gasteiger partial charge on any atom is -0.423 e. The Bertz CT molecular complexity index is 1240. The molecule has 0 radical (unpaired) electrons. The lowest BCUT2D eigenvalue weighted by Crippen LogP contribution is -2.13. The van der Waals surface area contributed by atoms with Crippen LogP contribution in [0.25, 0.3) is 10.8 Å². The lowest BCUT2D eigenvalue weighted by molar-refractivity contribution is 0.0724. The van der Waals surface area contributed by atoms with E-state index >= 15 is 0 Å². The number of hydrogen-bond donors (Lipinski definition) is 0. The normalized spacial score (nSPS) is 10.6. The molecule has 0 atom stereocenters. The molecule has 0 saturated heterocycles. The summed E-state index contributed by atoms with van der Waals surface area (Å²) in [5, 5.41) is 1.63.